The third-order valence-electron chi connectivity index (χ3n) is 3.90. The molecule has 1 aliphatic heterocycles. The lowest BCUT2D eigenvalue weighted by atomic mass is 10.1. The first kappa shape index (κ1) is 13.1. The highest BCUT2D eigenvalue weighted by Crippen LogP contribution is 2.19. The summed E-state index contributed by atoms with van der Waals surface area (Å²) in [4.78, 5) is 19.1. The van der Waals surface area contributed by atoms with Gasteiger partial charge in [-0.05, 0) is 31.5 Å². The van der Waals surface area contributed by atoms with E-state index in [4.69, 9.17) is 0 Å². The van der Waals surface area contributed by atoms with Gasteiger partial charge >= 0.3 is 0 Å². The van der Waals surface area contributed by atoms with Crippen LogP contribution in [-0.2, 0) is 0 Å². The molecule has 0 spiro atoms. The van der Waals surface area contributed by atoms with Crippen LogP contribution in [0.2, 0.25) is 0 Å². The van der Waals surface area contributed by atoms with Crippen LogP contribution in [0.1, 0.15) is 23.0 Å². The molecule has 1 aliphatic rings. The molecule has 2 aromatic rings. The third kappa shape index (κ3) is 2.27. The van der Waals surface area contributed by atoms with Crippen molar-refractivity contribution in [2.45, 2.75) is 19.9 Å². The van der Waals surface area contributed by atoms with Crippen molar-refractivity contribution >= 4 is 16.8 Å². The van der Waals surface area contributed by atoms with Crippen molar-refractivity contribution in [3.8, 4) is 0 Å². The van der Waals surface area contributed by atoms with Crippen LogP contribution in [0.5, 0.6) is 0 Å². The number of pyridine rings is 1. The minimum absolute atomic E-state index is 0.0350. The van der Waals surface area contributed by atoms with E-state index in [2.05, 4.69) is 17.2 Å². The number of fused-ring (bicyclic) bond motifs is 1. The Hall–Kier alpha value is -1.94. The predicted molar refractivity (Wildman–Crippen MR) is 79.8 cm³/mol. The lowest BCUT2D eigenvalue weighted by Crippen LogP contribution is -2.52. The molecule has 0 radical (unpaired) electrons. The number of para-hydroxylation sites is 1. The highest BCUT2D eigenvalue weighted by atomic mass is 16.2. The molecule has 0 bridgehead atoms. The van der Waals surface area contributed by atoms with E-state index in [1.807, 2.05) is 42.2 Å². The van der Waals surface area contributed by atoms with Crippen molar-refractivity contribution in [2.24, 2.45) is 0 Å². The summed E-state index contributed by atoms with van der Waals surface area (Å²) in [5.41, 5.74) is 2.54. The quantitative estimate of drug-likeness (QED) is 0.861. The van der Waals surface area contributed by atoms with E-state index in [9.17, 15) is 4.79 Å². The van der Waals surface area contributed by atoms with Crippen LogP contribution < -0.4 is 5.32 Å². The van der Waals surface area contributed by atoms with Gasteiger partial charge in [-0.25, -0.2) is 4.98 Å². The van der Waals surface area contributed by atoms with Crippen molar-refractivity contribution in [3.05, 3.63) is 41.6 Å². The lowest BCUT2D eigenvalue weighted by Gasteiger charge is -2.33. The molecule has 1 aromatic heterocycles. The Morgan fingerprint density at radius 2 is 2.20 bits per heavy atom. The van der Waals surface area contributed by atoms with Crippen LogP contribution in [0.3, 0.4) is 0 Å². The third-order valence-corrected chi connectivity index (χ3v) is 3.90. The Labute approximate surface area is 118 Å². The van der Waals surface area contributed by atoms with E-state index in [-0.39, 0.29) is 11.9 Å². The fourth-order valence-corrected chi connectivity index (χ4v) is 2.75. The fraction of sp³-hybridized carbons (Fsp3) is 0.375. The molecule has 1 saturated heterocycles. The van der Waals surface area contributed by atoms with Gasteiger partial charge in [0.25, 0.3) is 5.91 Å². The lowest BCUT2D eigenvalue weighted by molar-refractivity contribution is 0.0650. The molecule has 2 heterocycles. The van der Waals surface area contributed by atoms with Gasteiger partial charge in [0.05, 0.1) is 5.52 Å². The number of aryl methyl sites for hydroxylation is 1. The van der Waals surface area contributed by atoms with Crippen LogP contribution >= 0.6 is 0 Å². The molecule has 1 fully saturated rings. The molecular weight excluding hydrogens is 250 g/mol. The molecule has 0 unspecified atom stereocenters. The van der Waals surface area contributed by atoms with Crippen molar-refractivity contribution in [2.75, 3.05) is 19.6 Å². The maximum absolute atomic E-state index is 12.6. The molecule has 0 aliphatic carbocycles. The van der Waals surface area contributed by atoms with E-state index >= 15 is 0 Å². The Balaban J connectivity index is 1.99. The fourth-order valence-electron chi connectivity index (χ4n) is 2.75. The molecule has 1 N–H and O–H groups in total. The first-order valence-corrected chi connectivity index (χ1v) is 7.05. The second-order valence-corrected chi connectivity index (χ2v) is 5.39. The van der Waals surface area contributed by atoms with E-state index in [0.717, 1.165) is 36.1 Å². The van der Waals surface area contributed by atoms with Gasteiger partial charge in [0.1, 0.15) is 5.69 Å². The largest absolute Gasteiger partial charge is 0.332 e. The number of carbonyl (C=O) groups excluding carboxylic acids is 1. The highest BCUT2D eigenvalue weighted by molar-refractivity contribution is 5.96. The van der Waals surface area contributed by atoms with E-state index in [1.54, 1.807) is 0 Å². The van der Waals surface area contributed by atoms with E-state index in [0.29, 0.717) is 5.69 Å². The molecule has 4 nitrogen and oxygen atoms in total. The normalized spacial score (nSPS) is 19.3. The van der Waals surface area contributed by atoms with Gasteiger partial charge in [-0.1, -0.05) is 18.2 Å². The minimum Gasteiger partial charge on any atom is -0.332 e. The summed E-state index contributed by atoms with van der Waals surface area (Å²) in [6.45, 7) is 6.54. The summed E-state index contributed by atoms with van der Waals surface area (Å²) in [5, 5.41) is 4.41. The maximum Gasteiger partial charge on any atom is 0.272 e. The zero-order valence-electron chi connectivity index (χ0n) is 11.9. The molecule has 20 heavy (non-hydrogen) atoms. The summed E-state index contributed by atoms with van der Waals surface area (Å²) < 4.78 is 0. The van der Waals surface area contributed by atoms with Crippen molar-refractivity contribution in [1.29, 1.82) is 0 Å². The highest BCUT2D eigenvalue weighted by Gasteiger charge is 2.25. The SMILES string of the molecule is Cc1cc(C(=O)N2CCNC[C@H]2C)nc2ccccc12. The van der Waals surface area contributed by atoms with Crippen LogP contribution in [0.4, 0.5) is 0 Å². The number of benzene rings is 1. The van der Waals surface area contributed by atoms with Crippen LogP contribution in [0, 0.1) is 6.92 Å². The van der Waals surface area contributed by atoms with Crippen LogP contribution in [0.25, 0.3) is 10.9 Å². The van der Waals surface area contributed by atoms with Crippen molar-refractivity contribution < 1.29 is 4.79 Å². The average Bonchev–Trinajstić information content (AvgIpc) is 2.47. The second-order valence-electron chi connectivity index (χ2n) is 5.39. The number of carbonyl (C=O) groups is 1. The molecule has 104 valence electrons. The predicted octanol–water partition coefficient (Wildman–Crippen LogP) is 1.98. The number of nitrogens with one attached hydrogen (secondary N) is 1. The zero-order chi connectivity index (χ0) is 14.1. The Morgan fingerprint density at radius 3 is 3.00 bits per heavy atom. The molecule has 1 amide bonds. The average molecular weight is 269 g/mol. The number of amides is 1. The van der Waals surface area contributed by atoms with Gasteiger partial charge in [0, 0.05) is 31.1 Å². The van der Waals surface area contributed by atoms with Crippen molar-refractivity contribution in [3.63, 3.8) is 0 Å². The first-order chi connectivity index (χ1) is 9.66. The minimum atomic E-state index is 0.0350. The smallest absolute Gasteiger partial charge is 0.272 e. The van der Waals surface area contributed by atoms with E-state index < -0.39 is 0 Å². The summed E-state index contributed by atoms with van der Waals surface area (Å²) in [5.74, 6) is 0.0350. The number of aromatic nitrogens is 1. The summed E-state index contributed by atoms with van der Waals surface area (Å²) >= 11 is 0. The van der Waals surface area contributed by atoms with Gasteiger partial charge in [-0.3, -0.25) is 4.79 Å². The molecule has 0 saturated carbocycles. The summed E-state index contributed by atoms with van der Waals surface area (Å²) in [6, 6.07) is 10.1. The molecule has 1 aromatic carbocycles. The van der Waals surface area contributed by atoms with Gasteiger partial charge in [0.2, 0.25) is 0 Å². The van der Waals surface area contributed by atoms with Crippen LogP contribution in [-0.4, -0.2) is 41.5 Å². The number of rotatable bonds is 1. The monoisotopic (exact) mass is 269 g/mol. The first-order valence-electron chi connectivity index (χ1n) is 7.05. The van der Waals surface area contributed by atoms with Gasteiger partial charge in [0.15, 0.2) is 0 Å². The molecule has 1 atom stereocenters. The van der Waals surface area contributed by atoms with Crippen molar-refractivity contribution in [1.82, 2.24) is 15.2 Å². The standard InChI is InChI=1S/C16H19N3O/c1-11-9-15(18-14-6-4-3-5-13(11)14)16(20)19-8-7-17-10-12(19)2/h3-6,9,12,17H,7-8,10H2,1-2H3/t12-/m1/s1. The Morgan fingerprint density at radius 1 is 1.40 bits per heavy atom. The molecular formula is C16H19N3O. The number of hydrogen-bond acceptors (Lipinski definition) is 3. The zero-order valence-corrected chi connectivity index (χ0v) is 11.9. The molecule has 3 rings (SSSR count). The Kier molecular flexibility index (Phi) is 3.40. The Bertz CT molecular complexity index is 653. The summed E-state index contributed by atoms with van der Waals surface area (Å²) in [6.07, 6.45) is 0. The van der Waals surface area contributed by atoms with Gasteiger partial charge in [-0.15, -0.1) is 0 Å². The van der Waals surface area contributed by atoms with E-state index in [1.165, 1.54) is 0 Å². The van der Waals surface area contributed by atoms with Gasteiger partial charge in [-0.2, -0.15) is 0 Å². The van der Waals surface area contributed by atoms with Crippen LogP contribution in [0.15, 0.2) is 30.3 Å². The summed E-state index contributed by atoms with van der Waals surface area (Å²) in [7, 11) is 0. The van der Waals surface area contributed by atoms with Gasteiger partial charge < -0.3 is 10.2 Å². The number of nitrogens with zero attached hydrogens (tertiary/aromatic N) is 2. The molecule has 4 heteroatoms. The topological polar surface area (TPSA) is 45.2 Å². The maximum atomic E-state index is 12.6. The second kappa shape index (κ2) is 5.21. The number of hydrogen-bond donors (Lipinski definition) is 1. The number of piperazine rings is 1.